The van der Waals surface area contributed by atoms with Gasteiger partial charge in [0.05, 0.1) is 6.20 Å². The molecule has 1 aromatic rings. The fraction of sp³-hybridized carbons (Fsp3) is 0.722. The van der Waals surface area contributed by atoms with Gasteiger partial charge in [-0.2, -0.15) is 5.10 Å². The van der Waals surface area contributed by atoms with Crippen molar-refractivity contribution in [1.82, 2.24) is 20.4 Å². The quantitative estimate of drug-likeness (QED) is 0.747. The molecule has 0 aliphatic heterocycles. The lowest BCUT2D eigenvalue weighted by Crippen LogP contribution is -2.39. The second-order valence-corrected chi connectivity index (χ2v) is 7.33. The van der Waals surface area contributed by atoms with E-state index in [2.05, 4.69) is 34.3 Å². The van der Waals surface area contributed by atoms with Gasteiger partial charge >= 0.3 is 0 Å². The van der Waals surface area contributed by atoms with Crippen LogP contribution in [0.2, 0.25) is 0 Å². The van der Waals surface area contributed by atoms with E-state index in [1.54, 1.807) is 0 Å². The van der Waals surface area contributed by atoms with Gasteiger partial charge in [-0.05, 0) is 51.5 Å². The molecule has 6 heteroatoms. The zero-order valence-corrected chi connectivity index (χ0v) is 14.7. The number of nitrogens with zero attached hydrogens (tertiary/aromatic N) is 2. The number of hydrogen-bond acceptors (Lipinski definition) is 3. The van der Waals surface area contributed by atoms with Crippen molar-refractivity contribution in [3.05, 3.63) is 17.5 Å². The molecule has 0 bridgehead atoms. The highest BCUT2D eigenvalue weighted by molar-refractivity contribution is 5.81. The van der Waals surface area contributed by atoms with Crippen LogP contribution in [0.25, 0.3) is 0 Å². The third-order valence-corrected chi connectivity index (χ3v) is 4.87. The Bertz CT molecular complexity index is 604. The summed E-state index contributed by atoms with van der Waals surface area (Å²) in [5, 5.41) is 10.5. The highest BCUT2D eigenvalue weighted by atomic mass is 16.2. The van der Waals surface area contributed by atoms with Gasteiger partial charge in [0.1, 0.15) is 0 Å². The van der Waals surface area contributed by atoms with E-state index < -0.39 is 0 Å². The number of nitrogens with one attached hydrogen (secondary N) is 2. The van der Waals surface area contributed by atoms with Crippen molar-refractivity contribution in [3.63, 3.8) is 0 Å². The van der Waals surface area contributed by atoms with Gasteiger partial charge in [0.25, 0.3) is 0 Å². The summed E-state index contributed by atoms with van der Waals surface area (Å²) in [5.41, 5.74) is 2.58. The van der Waals surface area contributed by atoms with Crippen LogP contribution in [0, 0.1) is 5.92 Å². The Kier molecular flexibility index (Phi) is 5.21. The first kappa shape index (κ1) is 17.0. The van der Waals surface area contributed by atoms with E-state index in [0.29, 0.717) is 25.4 Å². The van der Waals surface area contributed by atoms with Crippen molar-refractivity contribution >= 4 is 11.8 Å². The van der Waals surface area contributed by atoms with Gasteiger partial charge in [-0.15, -0.1) is 0 Å². The Morgan fingerprint density at radius 2 is 2.12 bits per heavy atom. The van der Waals surface area contributed by atoms with Crippen molar-refractivity contribution < 1.29 is 9.59 Å². The Morgan fingerprint density at radius 3 is 2.83 bits per heavy atom. The molecular formula is C18H28N4O2. The molecule has 132 valence electrons. The predicted molar refractivity (Wildman–Crippen MR) is 91.5 cm³/mol. The standard InChI is InChI=1S/C18H28N4O2/c1-12(2)22-16-10-15(8-7-14(16)11-20-22)21-17(23)4-3-9-19-18(24)13-5-6-13/h11-13,15H,3-10H2,1-2H3,(H,19,24)(H,21,23)/t15-/m0/s1. The minimum atomic E-state index is 0.0831. The summed E-state index contributed by atoms with van der Waals surface area (Å²) in [4.78, 5) is 23.7. The average molecular weight is 332 g/mol. The maximum atomic E-state index is 12.1. The lowest BCUT2D eigenvalue weighted by Gasteiger charge is -2.25. The monoisotopic (exact) mass is 332 g/mol. The summed E-state index contributed by atoms with van der Waals surface area (Å²) in [6.45, 7) is 4.86. The van der Waals surface area contributed by atoms with Crippen molar-refractivity contribution in [2.75, 3.05) is 6.54 Å². The highest BCUT2D eigenvalue weighted by Gasteiger charge is 2.29. The number of aryl methyl sites for hydroxylation is 1. The molecule has 0 spiro atoms. The molecule has 1 heterocycles. The zero-order chi connectivity index (χ0) is 17.1. The van der Waals surface area contributed by atoms with E-state index in [-0.39, 0.29) is 23.8 Å². The summed E-state index contributed by atoms with van der Waals surface area (Å²) in [6.07, 6.45) is 7.98. The van der Waals surface area contributed by atoms with Gasteiger partial charge in [-0.3, -0.25) is 14.3 Å². The van der Waals surface area contributed by atoms with Crippen LogP contribution >= 0.6 is 0 Å². The first-order valence-corrected chi connectivity index (χ1v) is 9.17. The average Bonchev–Trinajstić information content (AvgIpc) is 3.31. The summed E-state index contributed by atoms with van der Waals surface area (Å²) >= 11 is 0. The third kappa shape index (κ3) is 4.16. The van der Waals surface area contributed by atoms with Crippen LogP contribution in [-0.4, -0.2) is 34.2 Å². The number of carbonyl (C=O) groups excluding carboxylic acids is 2. The minimum absolute atomic E-state index is 0.0831. The van der Waals surface area contributed by atoms with E-state index in [9.17, 15) is 9.59 Å². The molecule has 3 rings (SSSR count). The van der Waals surface area contributed by atoms with Crippen LogP contribution < -0.4 is 10.6 Å². The maximum absolute atomic E-state index is 12.1. The van der Waals surface area contributed by atoms with Crippen LogP contribution in [-0.2, 0) is 22.4 Å². The highest BCUT2D eigenvalue weighted by Crippen LogP contribution is 2.28. The number of aromatic nitrogens is 2. The number of rotatable bonds is 7. The second-order valence-electron chi connectivity index (χ2n) is 7.33. The van der Waals surface area contributed by atoms with E-state index in [1.807, 2.05) is 6.20 Å². The summed E-state index contributed by atoms with van der Waals surface area (Å²) < 4.78 is 2.07. The maximum Gasteiger partial charge on any atom is 0.223 e. The zero-order valence-electron chi connectivity index (χ0n) is 14.7. The largest absolute Gasteiger partial charge is 0.356 e. The molecule has 6 nitrogen and oxygen atoms in total. The number of hydrogen-bond donors (Lipinski definition) is 2. The van der Waals surface area contributed by atoms with Crippen molar-refractivity contribution in [3.8, 4) is 0 Å². The topological polar surface area (TPSA) is 76.0 Å². The molecule has 2 aliphatic carbocycles. The number of fused-ring (bicyclic) bond motifs is 1. The Balaban J connectivity index is 1.40. The molecule has 1 aromatic heterocycles. The van der Waals surface area contributed by atoms with Crippen LogP contribution in [0.4, 0.5) is 0 Å². The Hall–Kier alpha value is -1.85. The molecule has 2 N–H and O–H groups in total. The van der Waals surface area contributed by atoms with Crippen molar-refractivity contribution in [1.29, 1.82) is 0 Å². The fourth-order valence-electron chi connectivity index (χ4n) is 3.34. The smallest absolute Gasteiger partial charge is 0.223 e. The van der Waals surface area contributed by atoms with Crippen LogP contribution in [0.15, 0.2) is 6.20 Å². The summed E-state index contributed by atoms with van der Waals surface area (Å²) in [5.74, 6) is 0.470. The molecule has 1 saturated carbocycles. The van der Waals surface area contributed by atoms with Gasteiger partial charge in [-0.25, -0.2) is 0 Å². The molecule has 1 fully saturated rings. The van der Waals surface area contributed by atoms with Gasteiger partial charge < -0.3 is 10.6 Å². The van der Waals surface area contributed by atoms with E-state index in [1.165, 1.54) is 11.3 Å². The molecule has 0 unspecified atom stereocenters. The van der Waals surface area contributed by atoms with Gasteiger partial charge in [0, 0.05) is 43.1 Å². The number of carbonyl (C=O) groups is 2. The molecule has 24 heavy (non-hydrogen) atoms. The summed E-state index contributed by atoms with van der Waals surface area (Å²) in [6, 6.07) is 0.540. The fourth-order valence-corrected chi connectivity index (χ4v) is 3.34. The Morgan fingerprint density at radius 1 is 1.33 bits per heavy atom. The SMILES string of the molecule is CC(C)n1ncc2c1C[C@@H](NC(=O)CCCNC(=O)C1CC1)CC2. The van der Waals surface area contributed by atoms with E-state index in [4.69, 9.17) is 0 Å². The third-order valence-electron chi connectivity index (χ3n) is 4.87. The van der Waals surface area contributed by atoms with Gasteiger partial charge in [0.2, 0.25) is 11.8 Å². The summed E-state index contributed by atoms with van der Waals surface area (Å²) in [7, 11) is 0. The van der Waals surface area contributed by atoms with E-state index >= 15 is 0 Å². The molecule has 2 aliphatic rings. The molecule has 2 amide bonds. The van der Waals surface area contributed by atoms with Crippen LogP contribution in [0.3, 0.4) is 0 Å². The minimum Gasteiger partial charge on any atom is -0.356 e. The van der Waals surface area contributed by atoms with Crippen molar-refractivity contribution in [2.24, 2.45) is 5.92 Å². The van der Waals surface area contributed by atoms with Crippen LogP contribution in [0.5, 0.6) is 0 Å². The second kappa shape index (κ2) is 7.36. The predicted octanol–water partition coefficient (Wildman–Crippen LogP) is 1.74. The normalized spacial score (nSPS) is 19.9. The molecule has 1 atom stereocenters. The first-order valence-electron chi connectivity index (χ1n) is 9.17. The number of amides is 2. The molecule has 0 radical (unpaired) electrons. The van der Waals surface area contributed by atoms with Gasteiger partial charge in [-0.1, -0.05) is 0 Å². The van der Waals surface area contributed by atoms with E-state index in [0.717, 1.165) is 32.1 Å². The van der Waals surface area contributed by atoms with Crippen molar-refractivity contribution in [2.45, 2.75) is 70.9 Å². The lowest BCUT2D eigenvalue weighted by atomic mass is 9.93. The first-order chi connectivity index (χ1) is 11.5. The Labute approximate surface area is 143 Å². The van der Waals surface area contributed by atoms with Gasteiger partial charge in [0.15, 0.2) is 0 Å². The lowest BCUT2D eigenvalue weighted by molar-refractivity contribution is -0.124. The molecule has 0 saturated heterocycles. The van der Waals surface area contributed by atoms with Crippen LogP contribution in [0.1, 0.15) is 63.3 Å². The molecular weight excluding hydrogens is 304 g/mol. The molecule has 0 aromatic carbocycles.